The van der Waals surface area contributed by atoms with Gasteiger partial charge in [0, 0.05) is 29.4 Å². The van der Waals surface area contributed by atoms with Gasteiger partial charge in [-0.05, 0) is 66.8 Å². The number of nitrogens with zero attached hydrogens (tertiary/aromatic N) is 2. The van der Waals surface area contributed by atoms with Crippen LogP contribution >= 0.6 is 11.6 Å². The van der Waals surface area contributed by atoms with E-state index < -0.39 is 20.0 Å². The summed E-state index contributed by atoms with van der Waals surface area (Å²) in [6, 6.07) is 20.4. The molecule has 0 amide bonds. The third-order valence-electron chi connectivity index (χ3n) is 6.18. The van der Waals surface area contributed by atoms with Crippen LogP contribution < -0.4 is 9.03 Å². The smallest absolute Gasteiger partial charge is 0.261 e. The van der Waals surface area contributed by atoms with Crippen molar-refractivity contribution in [1.82, 2.24) is 4.98 Å². The molecule has 0 aliphatic carbocycles. The summed E-state index contributed by atoms with van der Waals surface area (Å²) < 4.78 is 55.3. The average molecular weight is 542 g/mol. The zero-order valence-electron chi connectivity index (χ0n) is 19.3. The lowest BCUT2D eigenvalue weighted by molar-refractivity contribution is 0.592. The van der Waals surface area contributed by atoms with Crippen LogP contribution in [0.3, 0.4) is 0 Å². The van der Waals surface area contributed by atoms with Crippen LogP contribution in [-0.4, -0.2) is 34.1 Å². The maximum atomic E-state index is 13.1. The van der Waals surface area contributed by atoms with E-state index in [4.69, 9.17) is 11.6 Å². The van der Waals surface area contributed by atoms with Crippen LogP contribution in [0.15, 0.2) is 83.9 Å². The molecule has 0 bridgehead atoms. The fourth-order valence-electron chi connectivity index (χ4n) is 4.37. The van der Waals surface area contributed by atoms with Gasteiger partial charge < -0.3 is 0 Å². The summed E-state index contributed by atoms with van der Waals surface area (Å²) in [5, 5.41) is 2.35. The lowest BCUT2D eigenvalue weighted by Gasteiger charge is -2.22. The fraction of sp³-hybridized carbons (Fsp3) is 0.192. The molecule has 10 heteroatoms. The zero-order valence-corrected chi connectivity index (χ0v) is 21.7. The number of benzene rings is 3. The molecular formula is C26H24ClN3O4S2. The highest BCUT2D eigenvalue weighted by Crippen LogP contribution is 2.34. The number of pyridine rings is 1. The summed E-state index contributed by atoms with van der Waals surface area (Å²) in [7, 11) is -7.34. The molecule has 4 aromatic rings. The summed E-state index contributed by atoms with van der Waals surface area (Å²) in [5.41, 5.74) is 2.06. The normalized spacial score (nSPS) is 16.0. The van der Waals surface area contributed by atoms with Crippen molar-refractivity contribution in [2.24, 2.45) is 0 Å². The molecule has 5 rings (SSSR count). The number of hydrogen-bond donors (Lipinski definition) is 1. The molecule has 0 unspecified atom stereocenters. The first-order valence-electron chi connectivity index (χ1n) is 11.5. The quantitative estimate of drug-likeness (QED) is 0.351. The molecule has 1 fully saturated rings. The second kappa shape index (κ2) is 9.72. The zero-order chi connectivity index (χ0) is 25.3. The third kappa shape index (κ3) is 4.91. The lowest BCUT2D eigenvalue weighted by atomic mass is 10.0. The number of anilines is 2. The SMILES string of the molecule is O=S(=O)(Nc1ccc(Cl)c(-c2nccc3ccccc23)c1)c1ccc(N2CCCCCS2(=O)=O)cc1. The van der Waals surface area contributed by atoms with Crippen molar-refractivity contribution >= 4 is 53.8 Å². The lowest BCUT2D eigenvalue weighted by Crippen LogP contribution is -2.32. The number of aromatic nitrogens is 1. The summed E-state index contributed by atoms with van der Waals surface area (Å²) in [4.78, 5) is 4.52. The molecule has 1 aliphatic rings. The minimum atomic E-state index is -3.93. The molecule has 0 atom stereocenters. The van der Waals surface area contributed by atoms with Gasteiger partial charge in [-0.15, -0.1) is 0 Å². The van der Waals surface area contributed by atoms with Gasteiger partial charge in [0.2, 0.25) is 10.0 Å². The number of fused-ring (bicyclic) bond motifs is 1. The Balaban J connectivity index is 1.43. The van der Waals surface area contributed by atoms with Crippen LogP contribution in [0.25, 0.3) is 22.0 Å². The molecule has 1 N–H and O–H groups in total. The standard InChI is InChI=1S/C26H24ClN3O4S2/c27-25-13-8-20(18-24(25)26-23-7-3-2-6-19(23)14-15-28-26)29-36(33,34)22-11-9-21(10-12-22)30-16-4-1-5-17-35(30,31)32/h2-3,6-15,18,29H,1,4-5,16-17H2. The highest BCUT2D eigenvalue weighted by Gasteiger charge is 2.25. The van der Waals surface area contributed by atoms with E-state index in [0.29, 0.717) is 40.6 Å². The van der Waals surface area contributed by atoms with E-state index in [0.717, 1.165) is 23.6 Å². The first-order valence-corrected chi connectivity index (χ1v) is 15.0. The largest absolute Gasteiger partial charge is 0.280 e. The fourth-order valence-corrected chi connectivity index (χ4v) is 7.26. The minimum absolute atomic E-state index is 0.0262. The van der Waals surface area contributed by atoms with E-state index in [-0.39, 0.29) is 10.6 Å². The van der Waals surface area contributed by atoms with Crippen molar-refractivity contribution in [2.75, 3.05) is 21.3 Å². The molecule has 3 aromatic carbocycles. The van der Waals surface area contributed by atoms with Gasteiger partial charge in [0.15, 0.2) is 0 Å². The summed E-state index contributed by atoms with van der Waals surface area (Å²) >= 11 is 6.47. The Hall–Kier alpha value is -3.14. The topological polar surface area (TPSA) is 96.4 Å². The first kappa shape index (κ1) is 24.5. The van der Waals surface area contributed by atoms with Crippen molar-refractivity contribution in [1.29, 1.82) is 0 Å². The molecule has 2 heterocycles. The van der Waals surface area contributed by atoms with Crippen molar-refractivity contribution in [3.63, 3.8) is 0 Å². The summed E-state index contributed by atoms with van der Waals surface area (Å²) in [6.07, 6.45) is 3.94. The van der Waals surface area contributed by atoms with Crippen molar-refractivity contribution < 1.29 is 16.8 Å². The van der Waals surface area contributed by atoms with Crippen molar-refractivity contribution in [3.8, 4) is 11.3 Å². The molecule has 0 saturated carbocycles. The van der Waals surface area contributed by atoms with E-state index in [2.05, 4.69) is 9.71 Å². The molecule has 0 radical (unpaired) electrons. The number of sulfonamides is 2. The number of hydrogen-bond acceptors (Lipinski definition) is 5. The Morgan fingerprint density at radius 3 is 2.50 bits per heavy atom. The second-order valence-corrected chi connectivity index (χ2v) is 12.7. The average Bonchev–Trinajstić information content (AvgIpc) is 3.05. The number of nitrogens with one attached hydrogen (secondary N) is 1. The van der Waals surface area contributed by atoms with Gasteiger partial charge in [0.05, 0.1) is 27.1 Å². The number of halogens is 1. The van der Waals surface area contributed by atoms with E-state index in [1.54, 1.807) is 24.4 Å². The van der Waals surface area contributed by atoms with E-state index in [1.165, 1.54) is 28.6 Å². The molecule has 1 aliphatic heterocycles. The van der Waals surface area contributed by atoms with Gasteiger partial charge in [-0.1, -0.05) is 42.3 Å². The molecule has 1 saturated heterocycles. The van der Waals surface area contributed by atoms with Gasteiger partial charge in [-0.3, -0.25) is 14.0 Å². The van der Waals surface area contributed by atoms with Gasteiger partial charge in [0.1, 0.15) is 0 Å². The highest BCUT2D eigenvalue weighted by atomic mass is 35.5. The Labute approximate surface area is 215 Å². The van der Waals surface area contributed by atoms with Crippen LogP contribution in [0, 0.1) is 0 Å². The van der Waals surface area contributed by atoms with Gasteiger partial charge >= 0.3 is 0 Å². The highest BCUT2D eigenvalue weighted by molar-refractivity contribution is 7.93. The molecule has 186 valence electrons. The molecule has 0 spiro atoms. The predicted molar refractivity (Wildman–Crippen MR) is 144 cm³/mol. The van der Waals surface area contributed by atoms with Crippen LogP contribution in [0.5, 0.6) is 0 Å². The Kier molecular flexibility index (Phi) is 6.63. The Morgan fingerprint density at radius 1 is 0.917 bits per heavy atom. The predicted octanol–water partition coefficient (Wildman–Crippen LogP) is 5.68. The second-order valence-electron chi connectivity index (χ2n) is 8.62. The molecule has 7 nitrogen and oxygen atoms in total. The monoisotopic (exact) mass is 541 g/mol. The van der Waals surface area contributed by atoms with Gasteiger partial charge in [0.25, 0.3) is 10.0 Å². The van der Waals surface area contributed by atoms with Gasteiger partial charge in [-0.25, -0.2) is 16.8 Å². The third-order valence-corrected chi connectivity index (χ3v) is 9.78. The van der Waals surface area contributed by atoms with E-state index in [9.17, 15) is 16.8 Å². The van der Waals surface area contributed by atoms with E-state index in [1.807, 2.05) is 30.3 Å². The molecule has 1 aromatic heterocycles. The van der Waals surface area contributed by atoms with Crippen LogP contribution in [0.4, 0.5) is 11.4 Å². The minimum Gasteiger partial charge on any atom is -0.280 e. The Morgan fingerprint density at radius 2 is 1.69 bits per heavy atom. The van der Waals surface area contributed by atoms with E-state index >= 15 is 0 Å². The maximum absolute atomic E-state index is 13.1. The van der Waals surface area contributed by atoms with Crippen LogP contribution in [-0.2, 0) is 20.0 Å². The summed E-state index contributed by atoms with van der Waals surface area (Å²) in [5.74, 6) is 0.0963. The van der Waals surface area contributed by atoms with Crippen LogP contribution in [0.1, 0.15) is 19.3 Å². The van der Waals surface area contributed by atoms with Crippen molar-refractivity contribution in [3.05, 3.63) is 84.0 Å². The Bertz CT molecular complexity index is 1630. The molecule has 36 heavy (non-hydrogen) atoms. The summed E-state index contributed by atoms with van der Waals surface area (Å²) in [6.45, 7) is 0.391. The van der Waals surface area contributed by atoms with Crippen LogP contribution in [0.2, 0.25) is 5.02 Å². The first-order chi connectivity index (χ1) is 17.2. The molecular weight excluding hydrogens is 518 g/mol. The van der Waals surface area contributed by atoms with Crippen molar-refractivity contribution in [2.45, 2.75) is 24.2 Å². The number of rotatable bonds is 5. The van der Waals surface area contributed by atoms with Gasteiger partial charge in [-0.2, -0.15) is 0 Å². The maximum Gasteiger partial charge on any atom is 0.261 e.